The largest absolute Gasteiger partial charge is 0.260 e. The summed E-state index contributed by atoms with van der Waals surface area (Å²) >= 11 is 0. The van der Waals surface area contributed by atoms with Crippen molar-refractivity contribution in [2.24, 2.45) is 22.2 Å². The Morgan fingerprint density at radius 2 is 1.54 bits per heavy atom. The number of allylic oxidation sites excluding steroid dienone is 16. The number of benzene rings is 4. The fourth-order valence-electron chi connectivity index (χ4n) is 9.81. The highest BCUT2D eigenvalue weighted by Crippen LogP contribution is 2.46. The van der Waals surface area contributed by atoms with Crippen LogP contribution in [-0.4, -0.2) is 15.7 Å². The Morgan fingerprint density at radius 1 is 0.719 bits per heavy atom. The number of aryl methyl sites for hydroxylation is 1. The van der Waals surface area contributed by atoms with Gasteiger partial charge < -0.3 is 0 Å². The molecule has 0 saturated carbocycles. The Kier molecular flexibility index (Phi) is 8.10. The molecule has 4 aromatic carbocycles. The molecule has 0 saturated heterocycles. The average Bonchev–Trinajstić information content (AvgIpc) is 3.28. The van der Waals surface area contributed by atoms with Crippen LogP contribution in [0, 0.1) is 17.3 Å². The summed E-state index contributed by atoms with van der Waals surface area (Å²) in [5.41, 5.74) is 15.6. The van der Waals surface area contributed by atoms with Crippen molar-refractivity contribution in [3.05, 3.63) is 204 Å². The molecule has 0 N–H and O–H groups in total. The molecular formula is C54H43N3. The molecule has 5 aliphatic carbocycles. The molecule has 11 rings (SSSR count). The molecule has 0 spiro atoms. The number of hydrogen-bond donors (Lipinski definition) is 0. The van der Waals surface area contributed by atoms with Crippen LogP contribution in [0.2, 0.25) is 0 Å². The first kappa shape index (κ1) is 33.9. The van der Waals surface area contributed by atoms with Crippen LogP contribution in [-0.2, 0) is 6.42 Å². The molecule has 57 heavy (non-hydrogen) atoms. The lowest BCUT2D eigenvalue weighted by molar-refractivity contribution is 0.610. The number of aromatic nitrogens is 2. The Balaban J connectivity index is 0.984. The third-order valence-electron chi connectivity index (χ3n) is 12.9. The third kappa shape index (κ3) is 5.92. The van der Waals surface area contributed by atoms with Crippen molar-refractivity contribution in [2.75, 3.05) is 0 Å². The van der Waals surface area contributed by atoms with Gasteiger partial charge in [-0.2, -0.15) is 0 Å². The van der Waals surface area contributed by atoms with E-state index < -0.39 is 0 Å². The fraction of sp³-hybridized carbons (Fsp3) is 0.167. The summed E-state index contributed by atoms with van der Waals surface area (Å²) in [5, 5.41) is 2.50. The van der Waals surface area contributed by atoms with E-state index in [1.807, 2.05) is 6.20 Å². The lowest BCUT2D eigenvalue weighted by Gasteiger charge is -2.33. The Morgan fingerprint density at radius 3 is 2.44 bits per heavy atom. The summed E-state index contributed by atoms with van der Waals surface area (Å²) in [6.45, 7) is 2.28. The molecule has 0 amide bonds. The summed E-state index contributed by atoms with van der Waals surface area (Å²) in [7, 11) is 0. The molecule has 0 radical (unpaired) electrons. The van der Waals surface area contributed by atoms with Gasteiger partial charge >= 0.3 is 0 Å². The summed E-state index contributed by atoms with van der Waals surface area (Å²) in [6.07, 6.45) is 37.9. The van der Waals surface area contributed by atoms with Crippen molar-refractivity contribution >= 4 is 39.3 Å². The summed E-state index contributed by atoms with van der Waals surface area (Å²) in [4.78, 5) is 15.6. The van der Waals surface area contributed by atoms with Gasteiger partial charge in [0.15, 0.2) is 5.82 Å². The number of rotatable bonds is 5. The van der Waals surface area contributed by atoms with E-state index in [9.17, 15) is 0 Å². The monoisotopic (exact) mass is 733 g/mol. The molecule has 5 aromatic rings. The van der Waals surface area contributed by atoms with E-state index in [-0.39, 0.29) is 5.41 Å². The van der Waals surface area contributed by atoms with Crippen LogP contribution in [0.25, 0.3) is 56.2 Å². The van der Waals surface area contributed by atoms with Crippen molar-refractivity contribution in [3.63, 3.8) is 0 Å². The minimum atomic E-state index is -0.0822. The van der Waals surface area contributed by atoms with Gasteiger partial charge in [-0.15, -0.1) is 0 Å². The van der Waals surface area contributed by atoms with E-state index in [1.165, 1.54) is 49.7 Å². The standard InChI is InChI=1S/C54H43N3/c1-54-29-11-10-20-52(54)55-34-41(33-54)35-21-27-38(28-22-35)53-56-50(32-51(57-53)49-31-40-13-3-5-15-43(40)45-17-7-9-19-47(45)49)37-25-23-36(24-26-37)48-30-39-12-2-4-14-42(39)44-16-6-8-18-46(44)48/h2,4-12,14-23,25-32,34,36,39,42H,3,13,24,33H2,1H3. The topological polar surface area (TPSA) is 38.1 Å². The predicted molar refractivity (Wildman–Crippen MR) is 238 cm³/mol. The average molecular weight is 734 g/mol. The zero-order chi connectivity index (χ0) is 37.9. The normalized spacial score (nSPS) is 23.8. The number of hydrogen-bond acceptors (Lipinski definition) is 3. The van der Waals surface area contributed by atoms with Crippen molar-refractivity contribution in [1.82, 2.24) is 9.97 Å². The number of nitrogens with zero attached hydrogens (tertiary/aromatic N) is 3. The van der Waals surface area contributed by atoms with E-state index >= 15 is 0 Å². The highest BCUT2D eigenvalue weighted by atomic mass is 14.9. The maximum Gasteiger partial charge on any atom is 0.160 e. The quantitative estimate of drug-likeness (QED) is 0.180. The molecule has 274 valence electrons. The zero-order valence-electron chi connectivity index (χ0n) is 32.1. The third-order valence-corrected chi connectivity index (χ3v) is 12.9. The number of aliphatic imine (C=N–C) groups is 1. The molecule has 3 nitrogen and oxygen atoms in total. The number of fused-ring (bicyclic) bond motifs is 7. The van der Waals surface area contributed by atoms with Gasteiger partial charge in [-0.3, -0.25) is 4.99 Å². The van der Waals surface area contributed by atoms with E-state index in [0.29, 0.717) is 17.8 Å². The van der Waals surface area contributed by atoms with Gasteiger partial charge in [0.05, 0.1) is 17.1 Å². The molecule has 2 heterocycles. The predicted octanol–water partition coefficient (Wildman–Crippen LogP) is 13.1. The molecule has 0 bridgehead atoms. The Bertz CT molecular complexity index is 2810. The minimum Gasteiger partial charge on any atom is -0.260 e. The zero-order valence-corrected chi connectivity index (χ0v) is 32.1. The fourth-order valence-corrected chi connectivity index (χ4v) is 9.81. The SMILES string of the molecule is CC12C=CC=CC1=NC=C(c1ccc(-c3nc(C4=CCC(C5=CC6C=CC=CC6c6ccccc65)C=C4)cc(-c4cc5c(c6ccccc46)C=CCC5)n3)cc1)C2. The van der Waals surface area contributed by atoms with Crippen molar-refractivity contribution in [2.45, 2.75) is 38.5 Å². The van der Waals surface area contributed by atoms with E-state index in [0.717, 1.165) is 65.3 Å². The molecule has 1 aromatic heterocycles. The van der Waals surface area contributed by atoms with Gasteiger partial charge in [-0.25, -0.2) is 9.97 Å². The first-order valence-corrected chi connectivity index (χ1v) is 20.5. The lowest BCUT2D eigenvalue weighted by atomic mass is 9.71. The molecule has 0 fully saturated rings. The first-order chi connectivity index (χ1) is 28.1. The lowest BCUT2D eigenvalue weighted by Crippen LogP contribution is -2.27. The van der Waals surface area contributed by atoms with Gasteiger partial charge in [0.1, 0.15) is 0 Å². The van der Waals surface area contributed by atoms with Crippen LogP contribution in [0.4, 0.5) is 0 Å². The second kappa shape index (κ2) is 13.6. The van der Waals surface area contributed by atoms with Gasteiger partial charge in [0.25, 0.3) is 0 Å². The smallest absolute Gasteiger partial charge is 0.160 e. The van der Waals surface area contributed by atoms with Crippen molar-refractivity contribution < 1.29 is 0 Å². The van der Waals surface area contributed by atoms with Gasteiger partial charge in [0, 0.05) is 40.5 Å². The van der Waals surface area contributed by atoms with E-state index in [4.69, 9.17) is 15.0 Å². The maximum atomic E-state index is 5.37. The molecule has 6 aliphatic rings. The van der Waals surface area contributed by atoms with Crippen LogP contribution in [0.3, 0.4) is 0 Å². The van der Waals surface area contributed by atoms with Gasteiger partial charge in [-0.1, -0.05) is 159 Å². The molecule has 4 atom stereocenters. The first-order valence-electron chi connectivity index (χ1n) is 20.5. The van der Waals surface area contributed by atoms with Crippen LogP contribution in [0.5, 0.6) is 0 Å². The maximum absolute atomic E-state index is 5.37. The molecular weight excluding hydrogens is 691 g/mol. The van der Waals surface area contributed by atoms with Gasteiger partial charge in [-0.05, 0) is 99.2 Å². The second-order valence-corrected chi connectivity index (χ2v) is 16.4. The highest BCUT2D eigenvalue weighted by Gasteiger charge is 2.32. The summed E-state index contributed by atoms with van der Waals surface area (Å²) in [6, 6.07) is 31.2. The minimum absolute atomic E-state index is 0.0822. The van der Waals surface area contributed by atoms with Crippen LogP contribution in [0.15, 0.2) is 175 Å². The van der Waals surface area contributed by atoms with Crippen molar-refractivity contribution in [1.29, 1.82) is 0 Å². The molecule has 3 heteroatoms. The van der Waals surface area contributed by atoms with Crippen LogP contribution in [0.1, 0.15) is 65.6 Å². The van der Waals surface area contributed by atoms with E-state index in [1.54, 1.807) is 0 Å². The van der Waals surface area contributed by atoms with Gasteiger partial charge in [0.2, 0.25) is 0 Å². The highest BCUT2D eigenvalue weighted by molar-refractivity contribution is 6.05. The summed E-state index contributed by atoms with van der Waals surface area (Å²) < 4.78 is 0. The Labute approximate surface area is 335 Å². The summed E-state index contributed by atoms with van der Waals surface area (Å²) in [5.74, 6) is 1.84. The van der Waals surface area contributed by atoms with Crippen LogP contribution >= 0.6 is 0 Å². The van der Waals surface area contributed by atoms with E-state index in [2.05, 4.69) is 177 Å². The second-order valence-electron chi connectivity index (χ2n) is 16.4. The van der Waals surface area contributed by atoms with Crippen molar-refractivity contribution in [3.8, 4) is 22.6 Å². The molecule has 1 aliphatic heterocycles. The Hall–Kier alpha value is -6.45. The molecule has 4 unspecified atom stereocenters. The van der Waals surface area contributed by atoms with Crippen LogP contribution < -0.4 is 0 Å².